The summed E-state index contributed by atoms with van der Waals surface area (Å²) < 4.78 is 10.2. The number of thiophene rings is 1. The molecule has 26 heavy (non-hydrogen) atoms. The van der Waals surface area contributed by atoms with Gasteiger partial charge in [0.05, 0.1) is 17.7 Å². The van der Waals surface area contributed by atoms with E-state index in [0.717, 1.165) is 23.1 Å². The number of nitro groups is 1. The van der Waals surface area contributed by atoms with Crippen LogP contribution in [-0.2, 0) is 17.7 Å². The van der Waals surface area contributed by atoms with E-state index in [9.17, 15) is 19.7 Å². The van der Waals surface area contributed by atoms with Crippen molar-refractivity contribution in [2.45, 2.75) is 32.9 Å². The molecule has 1 amide bonds. The van der Waals surface area contributed by atoms with Crippen molar-refractivity contribution in [3.8, 4) is 0 Å². The Balaban J connectivity index is 1.90. The summed E-state index contributed by atoms with van der Waals surface area (Å²) in [6, 6.07) is 2.32. The van der Waals surface area contributed by atoms with Gasteiger partial charge < -0.3 is 19.8 Å². The first-order chi connectivity index (χ1) is 12.4. The number of esters is 1. The van der Waals surface area contributed by atoms with Crippen molar-refractivity contribution in [1.82, 2.24) is 5.32 Å². The molecule has 2 aromatic heterocycles. The van der Waals surface area contributed by atoms with E-state index in [0.29, 0.717) is 23.5 Å². The predicted octanol–water partition coefficient (Wildman–Crippen LogP) is 2.71. The highest BCUT2D eigenvalue weighted by Crippen LogP contribution is 2.36. The molecule has 3 heterocycles. The first-order valence-electron chi connectivity index (χ1n) is 7.98. The van der Waals surface area contributed by atoms with Crippen LogP contribution in [0.25, 0.3) is 0 Å². The molecule has 2 aromatic rings. The fourth-order valence-corrected chi connectivity index (χ4v) is 3.82. The third kappa shape index (κ3) is 3.60. The summed E-state index contributed by atoms with van der Waals surface area (Å²) in [5.41, 5.74) is 1.20. The van der Waals surface area contributed by atoms with E-state index >= 15 is 0 Å². The number of fused-ring (bicyclic) bond motifs is 1. The Hall–Kier alpha value is -2.72. The number of rotatable bonds is 5. The highest BCUT2D eigenvalue weighted by atomic mass is 32.1. The number of carbonyl (C=O) groups is 2. The summed E-state index contributed by atoms with van der Waals surface area (Å²) in [4.78, 5) is 35.8. The number of nitrogens with one attached hydrogen (secondary N) is 2. The maximum absolute atomic E-state index is 12.5. The molecule has 0 aromatic carbocycles. The largest absolute Gasteiger partial charge is 0.459 e. The summed E-state index contributed by atoms with van der Waals surface area (Å²) in [6.07, 6.45) is 0.354. The number of carbonyl (C=O) groups excluding carboxylic acids is 2. The molecule has 0 aliphatic carbocycles. The lowest BCUT2D eigenvalue weighted by Gasteiger charge is -2.15. The van der Waals surface area contributed by atoms with Crippen LogP contribution in [0.15, 0.2) is 16.5 Å². The van der Waals surface area contributed by atoms with Crippen molar-refractivity contribution in [2.24, 2.45) is 0 Å². The molecule has 0 saturated heterocycles. The topological polar surface area (TPSA) is 124 Å². The predicted molar refractivity (Wildman–Crippen MR) is 93.6 cm³/mol. The van der Waals surface area contributed by atoms with Crippen LogP contribution in [0.1, 0.15) is 45.2 Å². The zero-order chi connectivity index (χ0) is 18.8. The van der Waals surface area contributed by atoms with E-state index in [1.165, 1.54) is 17.4 Å². The van der Waals surface area contributed by atoms with Crippen molar-refractivity contribution in [3.63, 3.8) is 0 Å². The minimum Gasteiger partial charge on any atom is -0.459 e. The van der Waals surface area contributed by atoms with Gasteiger partial charge in [0.25, 0.3) is 5.91 Å². The van der Waals surface area contributed by atoms with Crippen molar-refractivity contribution < 1.29 is 23.7 Å². The second kappa shape index (κ2) is 7.26. The average Bonchev–Trinajstić information content (AvgIpc) is 3.18. The van der Waals surface area contributed by atoms with Gasteiger partial charge in [-0.05, 0) is 38.4 Å². The summed E-state index contributed by atoms with van der Waals surface area (Å²) in [6.45, 7) is 4.82. The lowest BCUT2D eigenvalue weighted by atomic mass is 10.0. The summed E-state index contributed by atoms with van der Waals surface area (Å²) >= 11 is 1.28. The van der Waals surface area contributed by atoms with Gasteiger partial charge >= 0.3 is 11.9 Å². The second-order valence-corrected chi connectivity index (χ2v) is 7.04. The molecule has 0 fully saturated rings. The molecule has 1 aliphatic rings. The van der Waals surface area contributed by atoms with Gasteiger partial charge in [0.1, 0.15) is 9.92 Å². The molecular formula is C16H17N3O6S. The van der Waals surface area contributed by atoms with Crippen LogP contribution < -0.4 is 10.6 Å². The van der Waals surface area contributed by atoms with Crippen molar-refractivity contribution in [2.75, 3.05) is 11.9 Å². The molecule has 9 nitrogen and oxygen atoms in total. The smallest absolute Gasteiger partial charge is 0.433 e. The Morgan fingerprint density at radius 1 is 1.42 bits per heavy atom. The Bertz CT molecular complexity index is 869. The maximum Gasteiger partial charge on any atom is 0.433 e. The minimum atomic E-state index is -0.724. The molecule has 0 bridgehead atoms. The van der Waals surface area contributed by atoms with Crippen molar-refractivity contribution in [1.29, 1.82) is 0 Å². The summed E-state index contributed by atoms with van der Waals surface area (Å²) in [5.74, 6) is -1.89. The number of amides is 1. The Kier molecular flexibility index (Phi) is 5.05. The van der Waals surface area contributed by atoms with Gasteiger partial charge in [-0.15, -0.1) is 11.3 Å². The normalized spacial score (nSPS) is 13.3. The molecule has 1 aliphatic heterocycles. The highest BCUT2D eigenvalue weighted by Gasteiger charge is 2.28. The minimum absolute atomic E-state index is 0.204. The number of hydrogen-bond acceptors (Lipinski definition) is 8. The van der Waals surface area contributed by atoms with Crippen LogP contribution in [0.4, 0.5) is 10.9 Å². The Morgan fingerprint density at radius 3 is 2.85 bits per heavy atom. The van der Waals surface area contributed by atoms with E-state index in [1.807, 2.05) is 0 Å². The second-order valence-electron chi connectivity index (χ2n) is 5.94. The molecule has 3 rings (SSSR count). The molecule has 138 valence electrons. The van der Waals surface area contributed by atoms with Crippen LogP contribution in [0, 0.1) is 10.1 Å². The van der Waals surface area contributed by atoms with Gasteiger partial charge in [0.2, 0.25) is 0 Å². The van der Waals surface area contributed by atoms with E-state index < -0.39 is 22.7 Å². The van der Waals surface area contributed by atoms with Crippen LogP contribution in [0.3, 0.4) is 0 Å². The molecule has 0 unspecified atom stereocenters. The fraction of sp³-hybridized carbons (Fsp3) is 0.375. The molecule has 0 spiro atoms. The molecule has 0 radical (unpaired) electrons. The van der Waals surface area contributed by atoms with E-state index in [4.69, 9.17) is 9.15 Å². The van der Waals surface area contributed by atoms with Crippen molar-refractivity contribution >= 4 is 34.1 Å². The summed E-state index contributed by atoms with van der Waals surface area (Å²) in [7, 11) is 0. The zero-order valence-corrected chi connectivity index (χ0v) is 15.0. The molecule has 0 atom stereocenters. The van der Waals surface area contributed by atoms with E-state index in [1.54, 1.807) is 13.8 Å². The van der Waals surface area contributed by atoms with Crippen LogP contribution >= 0.6 is 11.3 Å². The molecular weight excluding hydrogens is 362 g/mol. The van der Waals surface area contributed by atoms with Gasteiger partial charge in [0, 0.05) is 11.4 Å². The summed E-state index contributed by atoms with van der Waals surface area (Å²) in [5, 5.41) is 16.9. The van der Waals surface area contributed by atoms with Gasteiger partial charge in [-0.3, -0.25) is 14.9 Å². The number of anilines is 1. The number of hydrogen-bond donors (Lipinski definition) is 2. The maximum atomic E-state index is 12.5. The lowest BCUT2D eigenvalue weighted by molar-refractivity contribution is -0.402. The van der Waals surface area contributed by atoms with Gasteiger partial charge in [-0.25, -0.2) is 4.79 Å². The highest BCUT2D eigenvalue weighted by molar-refractivity contribution is 7.17. The SMILES string of the molecule is CC(C)OC(=O)c1c(NC(=O)c2ccc([N+](=O)[O-])o2)sc2c1CCNC2. The van der Waals surface area contributed by atoms with Gasteiger partial charge in [-0.2, -0.15) is 0 Å². The number of nitrogens with zero attached hydrogens (tertiary/aromatic N) is 1. The Morgan fingerprint density at radius 2 is 2.19 bits per heavy atom. The standard InChI is InChI=1S/C16H17N3O6S/c1-8(2)24-16(21)13-9-5-6-17-7-11(9)26-15(13)18-14(20)10-3-4-12(25-10)19(22)23/h3-4,8,17H,5-7H2,1-2H3,(H,18,20). The van der Waals surface area contributed by atoms with Crippen molar-refractivity contribution in [3.05, 3.63) is 44.0 Å². The molecule has 2 N–H and O–H groups in total. The fourth-order valence-electron chi connectivity index (χ4n) is 2.62. The quantitative estimate of drug-likeness (QED) is 0.465. The van der Waals surface area contributed by atoms with Gasteiger partial charge in [0.15, 0.2) is 5.76 Å². The van der Waals surface area contributed by atoms with Crippen LogP contribution in [0.2, 0.25) is 0 Å². The third-order valence-corrected chi connectivity index (χ3v) is 4.84. The number of furan rings is 1. The Labute approximate surface area is 152 Å². The van der Waals surface area contributed by atoms with Gasteiger partial charge in [-0.1, -0.05) is 0 Å². The first kappa shape index (κ1) is 18.1. The zero-order valence-electron chi connectivity index (χ0n) is 14.2. The van der Waals surface area contributed by atoms with Crippen LogP contribution in [0.5, 0.6) is 0 Å². The third-order valence-electron chi connectivity index (χ3n) is 3.70. The molecule has 0 saturated carbocycles. The van der Waals surface area contributed by atoms with E-state index in [-0.39, 0.29) is 11.9 Å². The monoisotopic (exact) mass is 379 g/mol. The van der Waals surface area contributed by atoms with Crippen LogP contribution in [-0.4, -0.2) is 29.4 Å². The first-order valence-corrected chi connectivity index (χ1v) is 8.80. The van der Waals surface area contributed by atoms with E-state index in [2.05, 4.69) is 10.6 Å². The molecule has 10 heteroatoms. The lowest BCUT2D eigenvalue weighted by Crippen LogP contribution is -2.24. The number of ether oxygens (including phenoxy) is 1. The average molecular weight is 379 g/mol.